The number of aryl methyl sites for hydroxylation is 1. The van der Waals surface area contributed by atoms with Crippen LogP contribution >= 0.6 is 11.8 Å². The highest BCUT2D eigenvalue weighted by molar-refractivity contribution is 7.98. The molecule has 2 aromatic rings. The lowest BCUT2D eigenvalue weighted by Gasteiger charge is -2.07. The van der Waals surface area contributed by atoms with Crippen LogP contribution < -0.4 is 0 Å². The molecule has 3 heteroatoms. The van der Waals surface area contributed by atoms with Gasteiger partial charge in [0.1, 0.15) is 5.75 Å². The molecule has 0 spiro atoms. The number of phenols is 1. The molecule has 16 heavy (non-hydrogen) atoms. The smallest absolute Gasteiger partial charge is 0.117 e. The zero-order valence-electron chi connectivity index (χ0n) is 9.73. The lowest BCUT2D eigenvalue weighted by Crippen LogP contribution is -1.98. The number of hydrogen-bond acceptors (Lipinski definition) is 2. The maximum absolute atomic E-state index is 9.52. The van der Waals surface area contributed by atoms with Gasteiger partial charge in [-0.3, -0.25) is 0 Å². The number of phenolic OH excluding ortho intramolecular Hbond substituents is 1. The van der Waals surface area contributed by atoms with Crippen LogP contribution in [0.25, 0.3) is 10.9 Å². The van der Waals surface area contributed by atoms with Gasteiger partial charge in [-0.05, 0) is 30.9 Å². The summed E-state index contributed by atoms with van der Waals surface area (Å²) < 4.78 is 2.28. The summed E-state index contributed by atoms with van der Waals surface area (Å²) in [6.45, 7) is 5.27. The second-order valence-electron chi connectivity index (χ2n) is 3.76. The zero-order valence-corrected chi connectivity index (χ0v) is 10.5. The molecule has 86 valence electrons. The Morgan fingerprint density at radius 2 is 2.06 bits per heavy atom. The van der Waals surface area contributed by atoms with E-state index < -0.39 is 0 Å². The van der Waals surface area contributed by atoms with E-state index in [0.29, 0.717) is 5.75 Å². The van der Waals surface area contributed by atoms with Gasteiger partial charge >= 0.3 is 0 Å². The molecular weight excluding hydrogens is 218 g/mol. The fraction of sp³-hybridized carbons (Fsp3) is 0.385. The molecule has 0 saturated carbocycles. The van der Waals surface area contributed by atoms with E-state index in [1.165, 1.54) is 11.1 Å². The summed E-state index contributed by atoms with van der Waals surface area (Å²) in [5.74, 6) is 2.52. The first-order chi connectivity index (χ1) is 7.76. The van der Waals surface area contributed by atoms with Crippen LogP contribution in [-0.4, -0.2) is 15.4 Å². The highest BCUT2D eigenvalue weighted by atomic mass is 32.2. The Bertz CT molecular complexity index is 490. The summed E-state index contributed by atoms with van der Waals surface area (Å²) in [6, 6.07) is 7.80. The van der Waals surface area contributed by atoms with Crippen molar-refractivity contribution in [3.05, 3.63) is 30.0 Å². The molecule has 2 rings (SSSR count). The van der Waals surface area contributed by atoms with Gasteiger partial charge in [-0.2, -0.15) is 11.8 Å². The number of thioether (sulfide) groups is 1. The molecule has 1 aromatic carbocycles. The van der Waals surface area contributed by atoms with Crippen molar-refractivity contribution in [1.82, 2.24) is 4.57 Å². The zero-order chi connectivity index (χ0) is 11.5. The summed E-state index contributed by atoms with van der Waals surface area (Å²) >= 11 is 1.93. The standard InChI is InChI=1S/C13H17NOS/c1-3-14-11(9-16-4-2)7-10-5-6-12(15)8-13(10)14/h5-8,15H,3-4,9H2,1-2H3. The van der Waals surface area contributed by atoms with Crippen LogP contribution in [0.1, 0.15) is 19.5 Å². The molecule has 0 radical (unpaired) electrons. The van der Waals surface area contributed by atoms with E-state index in [2.05, 4.69) is 24.5 Å². The Balaban J connectivity index is 2.49. The minimum atomic E-state index is 0.343. The minimum absolute atomic E-state index is 0.343. The number of rotatable bonds is 4. The van der Waals surface area contributed by atoms with E-state index in [-0.39, 0.29) is 0 Å². The van der Waals surface area contributed by atoms with Crippen molar-refractivity contribution in [3.63, 3.8) is 0 Å². The monoisotopic (exact) mass is 235 g/mol. The molecular formula is C13H17NOS. The van der Waals surface area contributed by atoms with Crippen molar-refractivity contribution >= 4 is 22.7 Å². The van der Waals surface area contributed by atoms with Gasteiger partial charge in [0, 0.05) is 29.4 Å². The van der Waals surface area contributed by atoms with Gasteiger partial charge in [-0.15, -0.1) is 0 Å². The van der Waals surface area contributed by atoms with E-state index >= 15 is 0 Å². The summed E-state index contributed by atoms with van der Waals surface area (Å²) in [5.41, 5.74) is 2.48. The molecule has 0 aliphatic heterocycles. The van der Waals surface area contributed by atoms with Crippen molar-refractivity contribution in [3.8, 4) is 5.75 Å². The first kappa shape index (κ1) is 11.4. The number of aromatic nitrogens is 1. The van der Waals surface area contributed by atoms with E-state index in [0.717, 1.165) is 23.6 Å². The third-order valence-electron chi connectivity index (χ3n) is 2.74. The molecule has 0 aliphatic carbocycles. The Morgan fingerprint density at radius 1 is 1.25 bits per heavy atom. The second-order valence-corrected chi connectivity index (χ2v) is 5.03. The second kappa shape index (κ2) is 4.83. The van der Waals surface area contributed by atoms with Gasteiger partial charge in [0.05, 0.1) is 5.52 Å². The van der Waals surface area contributed by atoms with Crippen LogP contribution in [0.4, 0.5) is 0 Å². The lowest BCUT2D eigenvalue weighted by molar-refractivity contribution is 0.476. The summed E-state index contributed by atoms with van der Waals surface area (Å²) in [6.07, 6.45) is 0. The number of nitrogens with zero attached hydrogens (tertiary/aromatic N) is 1. The highest BCUT2D eigenvalue weighted by Crippen LogP contribution is 2.26. The first-order valence-electron chi connectivity index (χ1n) is 5.65. The van der Waals surface area contributed by atoms with Crippen LogP contribution in [0.3, 0.4) is 0 Å². The molecule has 0 bridgehead atoms. The average Bonchev–Trinajstić information content (AvgIpc) is 2.63. The van der Waals surface area contributed by atoms with Gasteiger partial charge in [-0.25, -0.2) is 0 Å². The fourth-order valence-electron chi connectivity index (χ4n) is 2.00. The molecule has 0 amide bonds. The average molecular weight is 235 g/mol. The predicted molar refractivity (Wildman–Crippen MR) is 71.1 cm³/mol. The van der Waals surface area contributed by atoms with Crippen LogP contribution in [0.2, 0.25) is 0 Å². The minimum Gasteiger partial charge on any atom is -0.508 e. The maximum atomic E-state index is 9.52. The largest absolute Gasteiger partial charge is 0.508 e. The molecule has 0 fully saturated rings. The summed E-state index contributed by atoms with van der Waals surface area (Å²) in [4.78, 5) is 0. The first-order valence-corrected chi connectivity index (χ1v) is 6.80. The quantitative estimate of drug-likeness (QED) is 0.875. The Kier molecular flexibility index (Phi) is 3.44. The molecule has 0 unspecified atom stereocenters. The molecule has 1 N–H and O–H groups in total. The van der Waals surface area contributed by atoms with Gasteiger partial charge in [0.15, 0.2) is 0 Å². The Labute approximate surface area is 100 Å². The normalized spacial score (nSPS) is 11.1. The molecule has 0 saturated heterocycles. The number of benzene rings is 1. The lowest BCUT2D eigenvalue weighted by atomic mass is 10.2. The molecule has 2 nitrogen and oxygen atoms in total. The third-order valence-corrected chi connectivity index (χ3v) is 3.65. The van der Waals surface area contributed by atoms with E-state index in [1.54, 1.807) is 6.07 Å². The van der Waals surface area contributed by atoms with Crippen LogP contribution in [0.15, 0.2) is 24.3 Å². The van der Waals surface area contributed by atoms with E-state index in [1.807, 2.05) is 23.9 Å². The van der Waals surface area contributed by atoms with E-state index in [9.17, 15) is 5.11 Å². The number of hydrogen-bond donors (Lipinski definition) is 1. The maximum Gasteiger partial charge on any atom is 0.117 e. The van der Waals surface area contributed by atoms with Gasteiger partial charge in [-0.1, -0.05) is 6.92 Å². The highest BCUT2D eigenvalue weighted by Gasteiger charge is 2.07. The van der Waals surface area contributed by atoms with Crippen molar-refractivity contribution in [2.75, 3.05) is 5.75 Å². The van der Waals surface area contributed by atoms with Gasteiger partial charge < -0.3 is 9.67 Å². The third kappa shape index (κ3) is 2.05. The predicted octanol–water partition coefficient (Wildman–Crippen LogP) is 3.62. The van der Waals surface area contributed by atoms with Crippen molar-refractivity contribution in [2.24, 2.45) is 0 Å². The molecule has 0 atom stereocenters. The van der Waals surface area contributed by atoms with Crippen molar-refractivity contribution in [1.29, 1.82) is 0 Å². The summed E-state index contributed by atoms with van der Waals surface area (Å²) in [5, 5.41) is 10.7. The van der Waals surface area contributed by atoms with Crippen molar-refractivity contribution in [2.45, 2.75) is 26.1 Å². The van der Waals surface area contributed by atoms with Gasteiger partial charge in [0.25, 0.3) is 0 Å². The van der Waals surface area contributed by atoms with Crippen LogP contribution in [0, 0.1) is 0 Å². The van der Waals surface area contributed by atoms with Gasteiger partial charge in [0.2, 0.25) is 0 Å². The van der Waals surface area contributed by atoms with Crippen LogP contribution in [-0.2, 0) is 12.3 Å². The topological polar surface area (TPSA) is 25.2 Å². The van der Waals surface area contributed by atoms with Crippen LogP contribution in [0.5, 0.6) is 5.75 Å². The number of aromatic hydroxyl groups is 1. The molecule has 0 aliphatic rings. The molecule has 1 aromatic heterocycles. The van der Waals surface area contributed by atoms with Crippen molar-refractivity contribution < 1.29 is 5.11 Å². The SMILES string of the molecule is CCSCc1cc2ccc(O)cc2n1CC. The Morgan fingerprint density at radius 3 is 2.75 bits per heavy atom. The molecule has 1 heterocycles. The Hall–Kier alpha value is -1.09. The summed E-state index contributed by atoms with van der Waals surface area (Å²) in [7, 11) is 0. The number of fused-ring (bicyclic) bond motifs is 1. The van der Waals surface area contributed by atoms with E-state index in [4.69, 9.17) is 0 Å². The fourth-order valence-corrected chi connectivity index (χ4v) is 2.65.